The van der Waals surface area contributed by atoms with Gasteiger partial charge in [-0.15, -0.1) is 0 Å². The van der Waals surface area contributed by atoms with Gasteiger partial charge in [-0.05, 0) is 32.2 Å². The molecule has 2 N–H and O–H groups in total. The van der Waals surface area contributed by atoms with Crippen LogP contribution in [0.5, 0.6) is 0 Å². The van der Waals surface area contributed by atoms with Gasteiger partial charge in [-0.25, -0.2) is 4.79 Å². The van der Waals surface area contributed by atoms with Crippen molar-refractivity contribution in [2.45, 2.75) is 39.3 Å². The van der Waals surface area contributed by atoms with Gasteiger partial charge in [0.1, 0.15) is 11.3 Å². The molecule has 0 aliphatic carbocycles. The lowest BCUT2D eigenvalue weighted by atomic mass is 9.98. The molecule has 2 heterocycles. The summed E-state index contributed by atoms with van der Waals surface area (Å²) in [5.74, 6) is -0.410. The van der Waals surface area contributed by atoms with Crippen LogP contribution in [0.25, 0.3) is 21.9 Å². The first-order valence-electron chi connectivity index (χ1n) is 11.3. The molecule has 9 nitrogen and oxygen atoms in total. The van der Waals surface area contributed by atoms with Crippen LogP contribution in [-0.4, -0.2) is 59.0 Å². The van der Waals surface area contributed by atoms with Crippen LogP contribution in [0.3, 0.4) is 0 Å². The minimum atomic E-state index is -0.600. The van der Waals surface area contributed by atoms with Crippen molar-refractivity contribution in [2.24, 2.45) is 0 Å². The Morgan fingerprint density at radius 1 is 0.971 bits per heavy atom. The molecular formula is C26H31N5O4. The monoisotopic (exact) mass is 477 g/mol. The zero-order valence-corrected chi connectivity index (χ0v) is 20.7. The van der Waals surface area contributed by atoms with Crippen molar-refractivity contribution in [2.75, 3.05) is 20.6 Å². The maximum atomic E-state index is 12.4. The molecule has 0 saturated carbocycles. The van der Waals surface area contributed by atoms with E-state index in [0.29, 0.717) is 11.4 Å². The van der Waals surface area contributed by atoms with Gasteiger partial charge >= 0.3 is 6.09 Å². The number of aromatic nitrogens is 2. The average molecular weight is 478 g/mol. The summed E-state index contributed by atoms with van der Waals surface area (Å²) in [6, 6.07) is 11.3. The van der Waals surface area contributed by atoms with Crippen molar-refractivity contribution in [1.29, 1.82) is 0 Å². The quantitative estimate of drug-likeness (QED) is 0.538. The van der Waals surface area contributed by atoms with Gasteiger partial charge in [0.25, 0.3) is 5.91 Å². The normalized spacial score (nSPS) is 11.1. The fourth-order valence-electron chi connectivity index (χ4n) is 3.42. The van der Waals surface area contributed by atoms with Gasteiger partial charge in [0.2, 0.25) is 5.91 Å². The van der Waals surface area contributed by atoms with Crippen molar-refractivity contribution in [3.63, 3.8) is 0 Å². The van der Waals surface area contributed by atoms with E-state index in [1.54, 1.807) is 53.3 Å². The van der Waals surface area contributed by atoms with Crippen molar-refractivity contribution < 1.29 is 19.1 Å². The lowest BCUT2D eigenvalue weighted by Gasteiger charge is -2.19. The Hall–Kier alpha value is -4.01. The number of benzene rings is 1. The third-order valence-electron chi connectivity index (χ3n) is 5.03. The molecule has 3 aromatic rings. The number of nitrogens with zero attached hydrogens (tertiary/aromatic N) is 3. The Balaban J connectivity index is 1.75. The predicted octanol–water partition coefficient (Wildman–Crippen LogP) is 3.53. The first-order valence-corrected chi connectivity index (χ1v) is 11.3. The number of carbonyl (C=O) groups excluding carboxylic acids is 3. The molecule has 0 atom stereocenters. The Labute approximate surface area is 204 Å². The lowest BCUT2D eigenvalue weighted by Crippen LogP contribution is -2.35. The Morgan fingerprint density at radius 2 is 1.71 bits per heavy atom. The summed E-state index contributed by atoms with van der Waals surface area (Å²) in [7, 11) is 3.35. The van der Waals surface area contributed by atoms with E-state index in [9.17, 15) is 14.4 Å². The number of fused-ring (bicyclic) bond motifs is 1. The summed E-state index contributed by atoms with van der Waals surface area (Å²) in [6.07, 6.45) is 2.95. The maximum Gasteiger partial charge on any atom is 0.407 e. The molecule has 0 bridgehead atoms. The maximum absolute atomic E-state index is 12.4. The standard InChI is InChI=1S/C26H31N5O4/c1-26(2,3)35-25(34)27-13-12-22(32)30-16-21-23(19-9-7-6-8-17(19)14-29-21)18-10-11-20(28-15-18)24(33)31(4)5/h6-11,14-15H,12-13,16H2,1-5H3,(H,27,34)(H,30,32). The molecule has 3 rings (SSSR count). The highest BCUT2D eigenvalue weighted by Gasteiger charge is 2.17. The zero-order valence-electron chi connectivity index (χ0n) is 20.7. The SMILES string of the molecule is CN(C)C(=O)c1ccc(-c2c(CNC(=O)CCNC(=O)OC(C)(C)C)ncc3ccccc23)cn1. The van der Waals surface area contributed by atoms with E-state index >= 15 is 0 Å². The van der Waals surface area contributed by atoms with Crippen LogP contribution in [0.4, 0.5) is 4.79 Å². The molecule has 0 unspecified atom stereocenters. The van der Waals surface area contributed by atoms with Crippen LogP contribution in [-0.2, 0) is 16.1 Å². The number of ether oxygens (including phenoxy) is 1. The average Bonchev–Trinajstić information content (AvgIpc) is 2.80. The van der Waals surface area contributed by atoms with Crippen LogP contribution in [0.15, 0.2) is 48.8 Å². The van der Waals surface area contributed by atoms with E-state index in [0.717, 1.165) is 21.9 Å². The number of nitrogens with one attached hydrogen (secondary N) is 2. The van der Waals surface area contributed by atoms with E-state index in [4.69, 9.17) is 4.74 Å². The fraction of sp³-hybridized carbons (Fsp3) is 0.346. The van der Waals surface area contributed by atoms with Crippen LogP contribution in [0.1, 0.15) is 43.4 Å². The second-order valence-electron chi connectivity index (χ2n) is 9.25. The number of carbonyl (C=O) groups is 3. The molecule has 1 aromatic carbocycles. The van der Waals surface area contributed by atoms with Gasteiger partial charge in [-0.3, -0.25) is 19.6 Å². The summed E-state index contributed by atoms with van der Waals surface area (Å²) in [5.41, 5.74) is 2.05. The van der Waals surface area contributed by atoms with Gasteiger partial charge < -0.3 is 20.3 Å². The van der Waals surface area contributed by atoms with Gasteiger partial charge in [0.15, 0.2) is 0 Å². The number of amides is 3. The number of alkyl carbamates (subject to hydrolysis) is 1. The molecule has 3 amide bonds. The van der Waals surface area contributed by atoms with Crippen molar-refractivity contribution in [1.82, 2.24) is 25.5 Å². The van der Waals surface area contributed by atoms with Crippen LogP contribution in [0.2, 0.25) is 0 Å². The fourth-order valence-corrected chi connectivity index (χ4v) is 3.42. The van der Waals surface area contributed by atoms with Gasteiger partial charge in [0, 0.05) is 56.0 Å². The summed E-state index contributed by atoms with van der Waals surface area (Å²) in [5, 5.41) is 7.36. The van der Waals surface area contributed by atoms with Crippen molar-refractivity contribution >= 4 is 28.7 Å². The van der Waals surface area contributed by atoms with Gasteiger partial charge in [0.05, 0.1) is 12.2 Å². The zero-order chi connectivity index (χ0) is 25.6. The molecular weight excluding hydrogens is 446 g/mol. The summed E-state index contributed by atoms with van der Waals surface area (Å²) in [6.45, 7) is 5.68. The number of pyridine rings is 2. The number of hydrogen-bond donors (Lipinski definition) is 2. The molecule has 0 spiro atoms. The predicted molar refractivity (Wildman–Crippen MR) is 134 cm³/mol. The first kappa shape index (κ1) is 25.6. The van der Waals surface area contributed by atoms with E-state index < -0.39 is 11.7 Å². The van der Waals surface area contributed by atoms with E-state index in [2.05, 4.69) is 20.6 Å². The minimum absolute atomic E-state index is 0.102. The first-order chi connectivity index (χ1) is 16.5. The summed E-state index contributed by atoms with van der Waals surface area (Å²) < 4.78 is 5.17. The highest BCUT2D eigenvalue weighted by atomic mass is 16.6. The molecule has 35 heavy (non-hydrogen) atoms. The Bertz CT molecular complexity index is 1220. The van der Waals surface area contributed by atoms with E-state index in [-0.39, 0.29) is 31.3 Å². The smallest absolute Gasteiger partial charge is 0.407 e. The van der Waals surface area contributed by atoms with Crippen LogP contribution in [0, 0.1) is 0 Å². The van der Waals surface area contributed by atoms with Crippen LogP contribution >= 0.6 is 0 Å². The third-order valence-corrected chi connectivity index (χ3v) is 5.03. The summed E-state index contributed by atoms with van der Waals surface area (Å²) >= 11 is 0. The Morgan fingerprint density at radius 3 is 2.37 bits per heavy atom. The molecule has 9 heteroatoms. The van der Waals surface area contributed by atoms with Gasteiger partial charge in [-0.2, -0.15) is 0 Å². The van der Waals surface area contributed by atoms with E-state index in [1.165, 1.54) is 4.90 Å². The number of rotatable bonds is 7. The highest BCUT2D eigenvalue weighted by molar-refractivity contribution is 5.98. The van der Waals surface area contributed by atoms with Crippen molar-refractivity contribution in [3.05, 3.63) is 60.2 Å². The molecule has 2 aromatic heterocycles. The molecule has 0 radical (unpaired) electrons. The molecule has 184 valence electrons. The second kappa shape index (κ2) is 10.9. The molecule has 0 fully saturated rings. The topological polar surface area (TPSA) is 114 Å². The second-order valence-corrected chi connectivity index (χ2v) is 9.25. The minimum Gasteiger partial charge on any atom is -0.444 e. The molecule has 0 aliphatic rings. The lowest BCUT2D eigenvalue weighted by molar-refractivity contribution is -0.121. The van der Waals surface area contributed by atoms with Crippen molar-refractivity contribution in [3.8, 4) is 11.1 Å². The highest BCUT2D eigenvalue weighted by Crippen LogP contribution is 2.30. The molecule has 0 saturated heterocycles. The largest absolute Gasteiger partial charge is 0.444 e. The van der Waals surface area contributed by atoms with Crippen LogP contribution < -0.4 is 10.6 Å². The summed E-state index contributed by atoms with van der Waals surface area (Å²) in [4.78, 5) is 46.7. The molecule has 0 aliphatic heterocycles. The Kier molecular flexibility index (Phi) is 8.01. The van der Waals surface area contributed by atoms with E-state index in [1.807, 2.05) is 30.3 Å². The third kappa shape index (κ3) is 6.99. The van der Waals surface area contributed by atoms with Gasteiger partial charge in [-0.1, -0.05) is 30.3 Å². The number of hydrogen-bond acceptors (Lipinski definition) is 6.